The first-order valence-electron chi connectivity index (χ1n) is 4.80. The minimum absolute atomic E-state index is 0.103. The number of hydrogen-bond acceptors (Lipinski definition) is 3. The van der Waals surface area contributed by atoms with Gasteiger partial charge in [-0.15, -0.1) is 0 Å². The maximum atomic E-state index is 12.2. The molecule has 4 nitrogen and oxygen atoms in total. The smallest absolute Gasteiger partial charge is 0.404 e. The van der Waals surface area contributed by atoms with Gasteiger partial charge in [0.2, 0.25) is 0 Å². The molecule has 0 radical (unpaired) electrons. The number of halogens is 4. The van der Waals surface area contributed by atoms with Crippen molar-refractivity contribution in [1.82, 2.24) is 0 Å². The minimum atomic E-state index is -4.39. The molecule has 18 heavy (non-hydrogen) atoms. The van der Waals surface area contributed by atoms with Crippen molar-refractivity contribution in [1.29, 1.82) is 0 Å². The van der Waals surface area contributed by atoms with Crippen molar-refractivity contribution in [3.63, 3.8) is 0 Å². The third-order valence-corrected chi connectivity index (χ3v) is 2.90. The summed E-state index contributed by atoms with van der Waals surface area (Å²) < 4.78 is 41.5. The van der Waals surface area contributed by atoms with E-state index in [1.165, 1.54) is 25.1 Å². The van der Waals surface area contributed by atoms with Crippen LogP contribution in [0.5, 0.6) is 5.75 Å². The van der Waals surface area contributed by atoms with E-state index < -0.39 is 22.5 Å². The van der Waals surface area contributed by atoms with E-state index in [9.17, 15) is 23.3 Å². The summed E-state index contributed by atoms with van der Waals surface area (Å²) in [7, 11) is 0. The van der Waals surface area contributed by atoms with Gasteiger partial charge in [0.25, 0.3) is 5.69 Å². The van der Waals surface area contributed by atoms with Crippen LogP contribution in [0.1, 0.15) is 5.56 Å². The Bertz CT molecular complexity index is 450. The standard InChI is InChI=1S/C10H9BrF3NO3/c1-6-4-7(2-3-8(6)15(16)17)18-5-9(11)10(12,13)14/h2-4,9H,5H2,1H3. The van der Waals surface area contributed by atoms with Gasteiger partial charge in [0.05, 0.1) is 4.92 Å². The van der Waals surface area contributed by atoms with Crippen LogP contribution in [0, 0.1) is 17.0 Å². The predicted molar refractivity (Wildman–Crippen MR) is 62.1 cm³/mol. The Kier molecular flexibility index (Phi) is 4.55. The third-order valence-electron chi connectivity index (χ3n) is 2.12. The maximum Gasteiger partial charge on any atom is 0.404 e. The average Bonchev–Trinajstić information content (AvgIpc) is 2.24. The molecule has 1 aromatic rings. The zero-order valence-corrected chi connectivity index (χ0v) is 10.8. The van der Waals surface area contributed by atoms with Crippen LogP contribution in [0.3, 0.4) is 0 Å². The first kappa shape index (κ1) is 14.7. The molecule has 0 spiro atoms. The molecule has 0 N–H and O–H groups in total. The largest absolute Gasteiger partial charge is 0.492 e. The first-order valence-corrected chi connectivity index (χ1v) is 5.72. The SMILES string of the molecule is Cc1cc(OCC(Br)C(F)(F)F)ccc1[N+](=O)[O-]. The molecule has 0 amide bonds. The molecular weight excluding hydrogens is 319 g/mol. The van der Waals surface area contributed by atoms with E-state index in [2.05, 4.69) is 15.9 Å². The fourth-order valence-electron chi connectivity index (χ4n) is 1.19. The number of hydrogen-bond donors (Lipinski definition) is 0. The van der Waals surface area contributed by atoms with E-state index in [0.717, 1.165) is 0 Å². The van der Waals surface area contributed by atoms with Crippen LogP contribution in [-0.2, 0) is 0 Å². The molecular formula is C10H9BrF3NO3. The van der Waals surface area contributed by atoms with Crippen LogP contribution in [-0.4, -0.2) is 22.5 Å². The lowest BCUT2D eigenvalue weighted by molar-refractivity contribution is -0.385. The van der Waals surface area contributed by atoms with Gasteiger partial charge in [-0.2, -0.15) is 13.2 Å². The molecule has 0 heterocycles. The van der Waals surface area contributed by atoms with Gasteiger partial charge in [-0.25, -0.2) is 0 Å². The molecule has 0 saturated carbocycles. The zero-order chi connectivity index (χ0) is 13.9. The second kappa shape index (κ2) is 5.55. The summed E-state index contributed by atoms with van der Waals surface area (Å²) in [5.74, 6) is 0.159. The first-order chi connectivity index (χ1) is 8.21. The summed E-state index contributed by atoms with van der Waals surface area (Å²) in [6, 6.07) is 3.79. The van der Waals surface area contributed by atoms with Crippen molar-refractivity contribution in [2.45, 2.75) is 17.9 Å². The highest BCUT2D eigenvalue weighted by molar-refractivity contribution is 9.09. The average molecular weight is 328 g/mol. The van der Waals surface area contributed by atoms with Crippen LogP contribution >= 0.6 is 15.9 Å². The fraction of sp³-hybridized carbons (Fsp3) is 0.400. The Morgan fingerprint density at radius 3 is 2.56 bits per heavy atom. The van der Waals surface area contributed by atoms with Gasteiger partial charge in [0, 0.05) is 11.6 Å². The number of ether oxygens (including phenoxy) is 1. The molecule has 0 aliphatic heterocycles. The van der Waals surface area contributed by atoms with Crippen molar-refractivity contribution in [2.24, 2.45) is 0 Å². The van der Waals surface area contributed by atoms with Crippen LogP contribution in [0.2, 0.25) is 0 Å². The number of nitrogens with zero attached hydrogens (tertiary/aromatic N) is 1. The van der Waals surface area contributed by atoms with Crippen LogP contribution in [0.15, 0.2) is 18.2 Å². The van der Waals surface area contributed by atoms with E-state index >= 15 is 0 Å². The van der Waals surface area contributed by atoms with Crippen molar-refractivity contribution < 1.29 is 22.8 Å². The second-order valence-electron chi connectivity index (χ2n) is 3.53. The molecule has 1 unspecified atom stereocenters. The topological polar surface area (TPSA) is 52.4 Å². The van der Waals surface area contributed by atoms with Gasteiger partial charge in [0.1, 0.15) is 17.2 Å². The van der Waals surface area contributed by atoms with Gasteiger partial charge < -0.3 is 4.74 Å². The van der Waals surface area contributed by atoms with Crippen LogP contribution in [0.25, 0.3) is 0 Å². The molecule has 1 rings (SSSR count). The van der Waals surface area contributed by atoms with E-state index in [0.29, 0.717) is 5.56 Å². The monoisotopic (exact) mass is 327 g/mol. The highest BCUT2D eigenvalue weighted by Gasteiger charge is 2.38. The van der Waals surface area contributed by atoms with Gasteiger partial charge >= 0.3 is 6.18 Å². The Morgan fingerprint density at radius 2 is 2.11 bits per heavy atom. The van der Waals surface area contributed by atoms with Crippen molar-refractivity contribution in [2.75, 3.05) is 6.61 Å². The normalized spacial score (nSPS) is 13.2. The summed E-state index contributed by atoms with van der Waals surface area (Å²) in [5, 5.41) is 10.5. The number of aryl methyl sites for hydroxylation is 1. The van der Waals surface area contributed by atoms with E-state index in [1.54, 1.807) is 0 Å². The molecule has 100 valence electrons. The van der Waals surface area contributed by atoms with Gasteiger partial charge in [-0.1, -0.05) is 15.9 Å². The summed E-state index contributed by atoms with van der Waals surface area (Å²) in [6.07, 6.45) is -4.39. The van der Waals surface area contributed by atoms with Gasteiger partial charge in [-0.05, 0) is 19.1 Å². The number of rotatable bonds is 4. The van der Waals surface area contributed by atoms with Gasteiger partial charge in [0.15, 0.2) is 0 Å². The summed E-state index contributed by atoms with van der Waals surface area (Å²) >= 11 is 2.45. The Morgan fingerprint density at radius 1 is 1.50 bits per heavy atom. The van der Waals surface area contributed by atoms with Crippen LogP contribution < -0.4 is 4.74 Å². The fourth-order valence-corrected chi connectivity index (χ4v) is 1.32. The van der Waals surface area contributed by atoms with E-state index in [1.807, 2.05) is 0 Å². The lowest BCUT2D eigenvalue weighted by Gasteiger charge is -2.14. The molecule has 0 aromatic heterocycles. The van der Waals surface area contributed by atoms with Crippen molar-refractivity contribution in [3.8, 4) is 5.75 Å². The zero-order valence-electron chi connectivity index (χ0n) is 9.20. The molecule has 0 aliphatic carbocycles. The lowest BCUT2D eigenvalue weighted by Crippen LogP contribution is -2.28. The number of nitro groups is 1. The summed E-state index contributed by atoms with van der Waals surface area (Å²) in [6.45, 7) is 0.890. The Balaban J connectivity index is 2.70. The molecule has 0 aliphatic rings. The second-order valence-corrected chi connectivity index (χ2v) is 4.63. The lowest BCUT2D eigenvalue weighted by atomic mass is 10.2. The molecule has 0 bridgehead atoms. The van der Waals surface area contributed by atoms with Gasteiger partial charge in [-0.3, -0.25) is 10.1 Å². The quantitative estimate of drug-likeness (QED) is 0.482. The molecule has 0 saturated heterocycles. The number of nitro benzene ring substituents is 1. The van der Waals surface area contributed by atoms with Crippen molar-refractivity contribution in [3.05, 3.63) is 33.9 Å². The van der Waals surface area contributed by atoms with Crippen LogP contribution in [0.4, 0.5) is 18.9 Å². The Hall–Kier alpha value is -1.31. The maximum absolute atomic E-state index is 12.2. The van der Waals surface area contributed by atoms with Crippen molar-refractivity contribution >= 4 is 21.6 Å². The minimum Gasteiger partial charge on any atom is -0.492 e. The Labute approximate surface area is 109 Å². The third kappa shape index (κ3) is 3.86. The molecule has 1 atom stereocenters. The molecule has 1 aromatic carbocycles. The number of alkyl halides is 4. The highest BCUT2D eigenvalue weighted by atomic mass is 79.9. The van der Waals surface area contributed by atoms with E-state index in [4.69, 9.17) is 4.74 Å². The van der Waals surface area contributed by atoms with E-state index in [-0.39, 0.29) is 11.4 Å². The number of benzene rings is 1. The highest BCUT2D eigenvalue weighted by Crippen LogP contribution is 2.28. The molecule has 0 fully saturated rings. The summed E-state index contributed by atoms with van der Waals surface area (Å²) in [4.78, 5) is 8.19. The predicted octanol–water partition coefficient (Wildman–Crippen LogP) is 3.61. The summed E-state index contributed by atoms with van der Waals surface area (Å²) in [5.41, 5.74) is 0.226. The molecule has 8 heteroatoms.